The van der Waals surface area contributed by atoms with Gasteiger partial charge in [-0.2, -0.15) is 4.31 Å². The zero-order chi connectivity index (χ0) is 41.2. The first-order valence-electron chi connectivity index (χ1n) is 19.3. The lowest BCUT2D eigenvalue weighted by molar-refractivity contribution is -0.124. The van der Waals surface area contributed by atoms with E-state index < -0.39 is 64.8 Å². The molecule has 0 atom stereocenters. The van der Waals surface area contributed by atoms with E-state index in [1.807, 2.05) is 0 Å². The van der Waals surface area contributed by atoms with Gasteiger partial charge in [-0.25, -0.2) is 12.8 Å². The number of aryl methyl sites for hydroxylation is 2. The summed E-state index contributed by atoms with van der Waals surface area (Å²) >= 11 is 0. The number of carbonyl (C=O) groups excluding carboxylic acids is 2. The lowest BCUT2D eigenvalue weighted by atomic mass is 9.89. The molecular formula is C34H43FN4O6S. The molecular weight excluding hydrogens is 611 g/mol. The second-order valence-electron chi connectivity index (χ2n) is 12.1. The van der Waals surface area contributed by atoms with Crippen LogP contribution in [0.4, 0.5) is 4.39 Å². The van der Waals surface area contributed by atoms with Crippen LogP contribution in [0.25, 0.3) is 6.08 Å². The molecule has 3 heterocycles. The van der Waals surface area contributed by atoms with E-state index in [2.05, 4.69) is 10.3 Å². The molecule has 0 unspecified atom stereocenters. The van der Waals surface area contributed by atoms with Gasteiger partial charge in [0.2, 0.25) is 10.0 Å². The van der Waals surface area contributed by atoms with Gasteiger partial charge in [-0.3, -0.25) is 14.6 Å². The maximum atomic E-state index is 14.8. The largest absolute Gasteiger partial charge is 0.490 e. The molecule has 2 aromatic rings. The van der Waals surface area contributed by atoms with Crippen molar-refractivity contribution >= 4 is 33.7 Å². The molecule has 2 aromatic carbocycles. The molecule has 3 aliphatic rings. The Balaban J connectivity index is 1.28. The van der Waals surface area contributed by atoms with E-state index in [9.17, 15) is 27.5 Å². The number of amidine groups is 1. The molecule has 12 heteroatoms. The third kappa shape index (κ3) is 7.19. The number of rotatable bonds is 9. The summed E-state index contributed by atoms with van der Waals surface area (Å²) in [5.41, 5.74) is 0.308. The number of nitrogens with zero attached hydrogens (tertiary/aromatic N) is 3. The molecule has 10 nitrogen and oxygen atoms in total. The molecule has 2 amide bonds. The summed E-state index contributed by atoms with van der Waals surface area (Å²) in [6.45, 7) is -1.28. The van der Waals surface area contributed by atoms with Gasteiger partial charge in [-0.05, 0) is 106 Å². The second kappa shape index (κ2) is 13.2. The van der Waals surface area contributed by atoms with Crippen LogP contribution in [0.3, 0.4) is 0 Å². The van der Waals surface area contributed by atoms with Crippen molar-refractivity contribution < 1.29 is 44.6 Å². The number of halogens is 1. The molecule has 0 aromatic heterocycles. The van der Waals surface area contributed by atoms with E-state index in [0.29, 0.717) is 48.2 Å². The number of carbonyl (C=O) groups is 2. The summed E-state index contributed by atoms with van der Waals surface area (Å²) in [6, 6.07) is 6.33. The maximum absolute atomic E-state index is 14.8. The molecule has 2 saturated heterocycles. The monoisotopic (exact) mass is 663 g/mol. The Labute approximate surface area is 283 Å². The lowest BCUT2D eigenvalue weighted by Gasteiger charge is -2.36. The molecule has 2 fully saturated rings. The number of nitrogens with one attached hydrogen (secondary N) is 1. The van der Waals surface area contributed by atoms with Gasteiger partial charge in [-0.15, -0.1) is 0 Å². The normalized spacial score (nSPS) is 23.9. The summed E-state index contributed by atoms with van der Waals surface area (Å²) in [7, 11) is -3.97. The Morgan fingerprint density at radius 1 is 1.15 bits per heavy atom. The van der Waals surface area contributed by atoms with Crippen LogP contribution in [-0.2, 0) is 14.8 Å². The van der Waals surface area contributed by atoms with Gasteiger partial charge in [0.05, 0.1) is 14.9 Å². The number of aliphatic imine (C=N–C) groups is 1. The number of amides is 2. The predicted molar refractivity (Wildman–Crippen MR) is 175 cm³/mol. The van der Waals surface area contributed by atoms with Gasteiger partial charge in [-0.1, -0.05) is 13.2 Å². The third-order valence-electron chi connectivity index (χ3n) is 8.74. The predicted octanol–water partition coefficient (Wildman–Crippen LogP) is 4.32. The molecule has 46 heavy (non-hydrogen) atoms. The van der Waals surface area contributed by atoms with Gasteiger partial charge < -0.3 is 20.1 Å². The highest BCUT2D eigenvalue weighted by atomic mass is 32.2. The lowest BCUT2D eigenvalue weighted by Crippen LogP contribution is -2.50. The number of likely N-dealkylation sites (tertiary alicyclic amines) is 1. The molecule has 3 aliphatic heterocycles. The van der Waals surface area contributed by atoms with Crippen molar-refractivity contribution in [2.45, 2.75) is 77.2 Å². The Morgan fingerprint density at radius 2 is 1.83 bits per heavy atom. The van der Waals surface area contributed by atoms with E-state index in [-0.39, 0.29) is 43.2 Å². The van der Waals surface area contributed by atoms with Gasteiger partial charge >= 0.3 is 0 Å². The highest BCUT2D eigenvalue weighted by molar-refractivity contribution is 7.92. The molecule has 5 rings (SSSR count). The average Bonchev–Trinajstić information content (AvgIpc) is 3.38. The zero-order valence-electron chi connectivity index (χ0n) is 34.8. The number of hydrogen-bond donors (Lipinski definition) is 2. The fourth-order valence-corrected chi connectivity index (χ4v) is 7.08. The molecule has 248 valence electrons. The number of ether oxygens (including phenoxy) is 1. The minimum atomic E-state index is -3.97. The first-order chi connectivity index (χ1) is 25.1. The first-order valence-corrected chi connectivity index (χ1v) is 16.3. The highest BCUT2D eigenvalue weighted by Crippen LogP contribution is 2.33. The average molecular weight is 664 g/mol. The fourth-order valence-electron chi connectivity index (χ4n) is 5.91. The van der Waals surface area contributed by atoms with Crippen LogP contribution in [-0.4, -0.2) is 84.3 Å². The Morgan fingerprint density at radius 3 is 2.48 bits per heavy atom. The van der Waals surface area contributed by atoms with Crippen molar-refractivity contribution in [3.63, 3.8) is 0 Å². The molecule has 2 N–H and O–H groups in total. The van der Waals surface area contributed by atoms with Gasteiger partial charge in [0.15, 0.2) is 11.6 Å². The summed E-state index contributed by atoms with van der Waals surface area (Å²) in [6.07, 6.45) is -5.16. The van der Waals surface area contributed by atoms with Gasteiger partial charge in [0, 0.05) is 52.3 Å². The van der Waals surface area contributed by atoms with Crippen LogP contribution in [0.1, 0.15) is 97.2 Å². The van der Waals surface area contributed by atoms with E-state index in [0.717, 1.165) is 17.5 Å². The minimum Gasteiger partial charge on any atom is -0.490 e. The van der Waals surface area contributed by atoms with Crippen molar-refractivity contribution in [3.05, 3.63) is 69.4 Å². The Bertz CT molecular complexity index is 2020. The van der Waals surface area contributed by atoms with Gasteiger partial charge in [0.25, 0.3) is 11.8 Å². The molecule has 0 aliphatic carbocycles. The third-order valence-corrected chi connectivity index (χ3v) is 10.3. The molecule has 0 radical (unpaired) electrons. The van der Waals surface area contributed by atoms with Crippen molar-refractivity contribution in [1.82, 2.24) is 14.5 Å². The van der Waals surface area contributed by atoms with Crippen LogP contribution in [0.5, 0.6) is 5.75 Å². The van der Waals surface area contributed by atoms with Crippen LogP contribution >= 0.6 is 0 Å². The van der Waals surface area contributed by atoms with Crippen molar-refractivity contribution in [3.8, 4) is 5.75 Å². The fraction of sp³-hybridized carbons (Fsp3) is 0.500. The quantitative estimate of drug-likeness (QED) is 0.412. The number of benzene rings is 2. The van der Waals surface area contributed by atoms with Crippen molar-refractivity contribution in [2.75, 3.05) is 32.7 Å². The summed E-state index contributed by atoms with van der Waals surface area (Å²) in [5.74, 6) is -2.89. The standard InChI is InChI=1S/C34H43FN4O6S/c1-5-6-18-45-29-22-25(7-8-28(29)35)30-36-32(41)34(37-30)12-16-39(17-13-34)46(43,44)19-9-27-23(2)20-26(21-24(27)3)31(40)38-14-10-33(4,42)11-15-38/h7-9,19-22,42H,5-6,10-18H2,1-4H3,(H,36,37,41)/b19-9+/i1D3,5D2,6D2,18D2. The number of hydrogen-bond acceptors (Lipinski definition) is 7. The minimum absolute atomic E-state index is 0.0114. The van der Waals surface area contributed by atoms with E-state index in [1.54, 1.807) is 37.8 Å². The number of aliphatic hydroxyl groups is 1. The second-order valence-corrected chi connectivity index (χ2v) is 13.9. The van der Waals surface area contributed by atoms with Crippen LogP contribution in [0, 0.1) is 19.7 Å². The van der Waals surface area contributed by atoms with Crippen molar-refractivity contribution in [1.29, 1.82) is 0 Å². The zero-order valence-corrected chi connectivity index (χ0v) is 26.6. The Hall–Kier alpha value is -3.61. The highest BCUT2D eigenvalue weighted by Gasteiger charge is 2.47. The van der Waals surface area contributed by atoms with Crippen LogP contribution in [0.15, 0.2) is 40.7 Å². The summed E-state index contributed by atoms with van der Waals surface area (Å²) in [5, 5.41) is 13.9. The van der Waals surface area contributed by atoms with E-state index >= 15 is 0 Å². The topological polar surface area (TPSA) is 129 Å². The SMILES string of the molecule is [2H]C([2H])([2H])C([2H])([2H])C([2H])([2H])C([2H])([2H])Oc1cc(C2=NC3(CCN(S(=O)(=O)/C=C/c4c(C)cc(C(=O)N5CCC(C)(O)CC5)cc4C)CC3)C(=O)N2)ccc1F. The summed E-state index contributed by atoms with van der Waals surface area (Å²) < 4.78 is 117. The van der Waals surface area contributed by atoms with Crippen LogP contribution < -0.4 is 10.1 Å². The molecule has 0 bridgehead atoms. The van der Waals surface area contributed by atoms with Crippen molar-refractivity contribution in [2.24, 2.45) is 4.99 Å². The maximum Gasteiger partial charge on any atom is 0.253 e. The Kier molecular flexibility index (Phi) is 6.82. The number of piperidine rings is 2. The van der Waals surface area contributed by atoms with Crippen LogP contribution in [0.2, 0.25) is 0 Å². The van der Waals surface area contributed by atoms with E-state index in [4.69, 9.17) is 17.1 Å². The first kappa shape index (κ1) is 23.7. The number of sulfonamides is 1. The molecule has 1 spiro atoms. The molecule has 0 saturated carbocycles. The van der Waals surface area contributed by atoms with E-state index in [1.165, 1.54) is 16.4 Å². The summed E-state index contributed by atoms with van der Waals surface area (Å²) in [4.78, 5) is 32.6. The smallest absolute Gasteiger partial charge is 0.253 e. The van der Waals surface area contributed by atoms with Gasteiger partial charge in [0.1, 0.15) is 11.4 Å².